The molecule has 1 saturated heterocycles. The molecule has 1 aromatic rings. The zero-order chi connectivity index (χ0) is 14.1. The first-order chi connectivity index (χ1) is 9.65. The summed E-state index contributed by atoms with van der Waals surface area (Å²) in [6.07, 6.45) is 0.991. The topological polar surface area (TPSA) is 43.9 Å². The Balaban J connectivity index is 1.64. The van der Waals surface area contributed by atoms with Crippen LogP contribution >= 0.6 is 0 Å². The molecule has 5 nitrogen and oxygen atoms in total. The predicted molar refractivity (Wildman–Crippen MR) is 76.6 cm³/mol. The summed E-state index contributed by atoms with van der Waals surface area (Å²) in [5.41, 5.74) is 2.45. The Morgan fingerprint density at radius 3 is 2.80 bits per heavy atom. The van der Waals surface area contributed by atoms with Gasteiger partial charge in [-0.05, 0) is 18.1 Å². The molecule has 1 aromatic carbocycles. The van der Waals surface area contributed by atoms with E-state index in [2.05, 4.69) is 17.0 Å². The van der Waals surface area contributed by atoms with Gasteiger partial charge in [0, 0.05) is 32.4 Å². The molecular weight excluding hydrogens is 254 g/mol. The van der Waals surface area contributed by atoms with Crippen molar-refractivity contribution in [1.82, 2.24) is 9.80 Å². The number of hydrogen-bond donors (Lipinski definition) is 0. The third-order valence-electron chi connectivity index (χ3n) is 4.12. The fraction of sp³-hybridized carbons (Fsp3) is 0.467. The van der Waals surface area contributed by atoms with Crippen LogP contribution in [0.3, 0.4) is 0 Å². The fourth-order valence-electron chi connectivity index (χ4n) is 2.81. The number of amides is 2. The molecule has 3 rings (SSSR count). The second-order valence-corrected chi connectivity index (χ2v) is 5.43. The number of carbonyl (C=O) groups excluding carboxylic acids is 2. The van der Waals surface area contributed by atoms with Crippen LogP contribution in [0.25, 0.3) is 0 Å². The maximum Gasteiger partial charge on any atom is 0.242 e. The minimum atomic E-state index is 0.0198. The summed E-state index contributed by atoms with van der Waals surface area (Å²) in [5.74, 6) is 0.0644. The highest BCUT2D eigenvalue weighted by Gasteiger charge is 2.27. The Labute approximate surface area is 118 Å². The second kappa shape index (κ2) is 5.15. The van der Waals surface area contributed by atoms with Crippen LogP contribution in [-0.4, -0.2) is 61.4 Å². The quantitative estimate of drug-likeness (QED) is 0.781. The van der Waals surface area contributed by atoms with Gasteiger partial charge in [-0.1, -0.05) is 18.2 Å². The van der Waals surface area contributed by atoms with Gasteiger partial charge in [-0.3, -0.25) is 9.59 Å². The van der Waals surface area contributed by atoms with Gasteiger partial charge in [0.05, 0.1) is 13.1 Å². The van der Waals surface area contributed by atoms with Crippen molar-refractivity contribution in [1.29, 1.82) is 0 Å². The molecule has 0 aliphatic carbocycles. The Morgan fingerprint density at radius 1 is 1.20 bits per heavy atom. The van der Waals surface area contributed by atoms with Crippen LogP contribution in [0.15, 0.2) is 24.3 Å². The summed E-state index contributed by atoms with van der Waals surface area (Å²) < 4.78 is 0. The summed E-state index contributed by atoms with van der Waals surface area (Å²) in [4.78, 5) is 29.4. The molecule has 2 heterocycles. The smallest absolute Gasteiger partial charge is 0.242 e. The maximum atomic E-state index is 12.3. The maximum absolute atomic E-state index is 12.3. The van der Waals surface area contributed by atoms with E-state index in [1.54, 1.807) is 16.8 Å². The van der Waals surface area contributed by atoms with Gasteiger partial charge < -0.3 is 14.7 Å². The molecule has 0 unspecified atom stereocenters. The minimum Gasteiger partial charge on any atom is -0.362 e. The molecule has 0 N–H and O–H groups in total. The monoisotopic (exact) mass is 273 g/mol. The average Bonchev–Trinajstić information content (AvgIpc) is 2.85. The van der Waals surface area contributed by atoms with Crippen molar-refractivity contribution in [2.24, 2.45) is 0 Å². The standard InChI is InChI=1S/C15H19N3O2/c1-16-8-9-18(10-14(16)19)15(20)11-17-7-6-12-4-2-3-5-13(12)17/h2-5H,6-11H2,1H3. The van der Waals surface area contributed by atoms with Crippen molar-refractivity contribution in [3.63, 3.8) is 0 Å². The number of piperazine rings is 1. The summed E-state index contributed by atoms with van der Waals surface area (Å²) in [5, 5.41) is 0. The lowest BCUT2D eigenvalue weighted by Gasteiger charge is -2.33. The first kappa shape index (κ1) is 13.0. The van der Waals surface area contributed by atoms with E-state index in [1.165, 1.54) is 5.56 Å². The number of rotatable bonds is 2. The molecule has 20 heavy (non-hydrogen) atoms. The predicted octanol–water partition coefficient (Wildman–Crippen LogP) is 0.350. The van der Waals surface area contributed by atoms with Crippen molar-refractivity contribution in [2.45, 2.75) is 6.42 Å². The Kier molecular flexibility index (Phi) is 3.34. The van der Waals surface area contributed by atoms with Crippen LogP contribution in [0.1, 0.15) is 5.56 Å². The summed E-state index contributed by atoms with van der Waals surface area (Å²) in [6.45, 7) is 2.73. The molecule has 0 aromatic heterocycles. The molecule has 0 saturated carbocycles. The van der Waals surface area contributed by atoms with Gasteiger partial charge >= 0.3 is 0 Å². The molecule has 2 amide bonds. The largest absolute Gasteiger partial charge is 0.362 e. The van der Waals surface area contributed by atoms with E-state index >= 15 is 0 Å². The van der Waals surface area contributed by atoms with Crippen molar-refractivity contribution in [3.8, 4) is 0 Å². The third kappa shape index (κ3) is 2.35. The summed E-state index contributed by atoms with van der Waals surface area (Å²) in [6, 6.07) is 8.20. The first-order valence-corrected chi connectivity index (χ1v) is 7.00. The molecule has 1 fully saturated rings. The van der Waals surface area contributed by atoms with Gasteiger partial charge in [-0.15, -0.1) is 0 Å². The number of hydrogen-bond acceptors (Lipinski definition) is 3. The van der Waals surface area contributed by atoms with Gasteiger partial charge in [0.2, 0.25) is 11.8 Å². The fourth-order valence-corrected chi connectivity index (χ4v) is 2.81. The first-order valence-electron chi connectivity index (χ1n) is 7.00. The molecule has 0 spiro atoms. The highest BCUT2D eigenvalue weighted by Crippen LogP contribution is 2.27. The van der Waals surface area contributed by atoms with Crippen LogP contribution < -0.4 is 4.90 Å². The van der Waals surface area contributed by atoms with Crippen LogP contribution in [0.5, 0.6) is 0 Å². The van der Waals surface area contributed by atoms with E-state index in [0.29, 0.717) is 19.6 Å². The highest BCUT2D eigenvalue weighted by molar-refractivity contribution is 5.88. The zero-order valence-electron chi connectivity index (χ0n) is 11.7. The molecule has 0 bridgehead atoms. The van der Waals surface area contributed by atoms with Crippen molar-refractivity contribution in [2.75, 3.05) is 44.7 Å². The number of likely N-dealkylation sites (N-methyl/N-ethyl adjacent to an activating group) is 1. The molecule has 106 valence electrons. The number of carbonyl (C=O) groups is 2. The Hall–Kier alpha value is -2.04. The normalized spacial score (nSPS) is 18.4. The van der Waals surface area contributed by atoms with Crippen LogP contribution in [-0.2, 0) is 16.0 Å². The third-order valence-corrected chi connectivity index (χ3v) is 4.12. The molecular formula is C15H19N3O2. The average molecular weight is 273 g/mol. The lowest BCUT2D eigenvalue weighted by atomic mass is 10.2. The van der Waals surface area contributed by atoms with E-state index < -0.39 is 0 Å². The summed E-state index contributed by atoms with van der Waals surface area (Å²) in [7, 11) is 1.78. The molecule has 2 aliphatic rings. The van der Waals surface area contributed by atoms with Crippen molar-refractivity contribution < 1.29 is 9.59 Å². The Bertz CT molecular complexity index is 544. The lowest BCUT2D eigenvalue weighted by molar-refractivity contribution is -0.143. The van der Waals surface area contributed by atoms with E-state index in [4.69, 9.17) is 0 Å². The number of para-hydroxylation sites is 1. The molecule has 5 heteroatoms. The molecule has 0 radical (unpaired) electrons. The van der Waals surface area contributed by atoms with Crippen molar-refractivity contribution in [3.05, 3.63) is 29.8 Å². The number of nitrogens with zero attached hydrogens (tertiary/aromatic N) is 3. The van der Waals surface area contributed by atoms with Gasteiger partial charge in [0.25, 0.3) is 0 Å². The highest BCUT2D eigenvalue weighted by atomic mass is 16.2. The molecule has 0 atom stereocenters. The summed E-state index contributed by atoms with van der Waals surface area (Å²) >= 11 is 0. The van der Waals surface area contributed by atoms with E-state index in [1.807, 2.05) is 12.1 Å². The van der Waals surface area contributed by atoms with Crippen molar-refractivity contribution >= 4 is 17.5 Å². The van der Waals surface area contributed by atoms with Crippen LogP contribution in [0.4, 0.5) is 5.69 Å². The van der Waals surface area contributed by atoms with E-state index in [9.17, 15) is 9.59 Å². The number of fused-ring (bicyclic) bond motifs is 1. The lowest BCUT2D eigenvalue weighted by Crippen LogP contribution is -2.52. The number of anilines is 1. The van der Waals surface area contributed by atoms with E-state index in [0.717, 1.165) is 18.7 Å². The van der Waals surface area contributed by atoms with E-state index in [-0.39, 0.29) is 18.4 Å². The van der Waals surface area contributed by atoms with Crippen LogP contribution in [0.2, 0.25) is 0 Å². The minimum absolute atomic E-state index is 0.0198. The second-order valence-electron chi connectivity index (χ2n) is 5.43. The van der Waals surface area contributed by atoms with Crippen LogP contribution in [0, 0.1) is 0 Å². The Morgan fingerprint density at radius 2 is 2.00 bits per heavy atom. The SMILES string of the molecule is CN1CCN(C(=O)CN2CCc3ccccc32)CC1=O. The molecule has 2 aliphatic heterocycles. The van der Waals surface area contributed by atoms with Gasteiger partial charge in [-0.2, -0.15) is 0 Å². The number of benzene rings is 1. The van der Waals surface area contributed by atoms with Gasteiger partial charge in [0.1, 0.15) is 0 Å². The van der Waals surface area contributed by atoms with Gasteiger partial charge in [0.15, 0.2) is 0 Å². The zero-order valence-corrected chi connectivity index (χ0v) is 11.7. The van der Waals surface area contributed by atoms with Gasteiger partial charge in [-0.25, -0.2) is 0 Å².